The topological polar surface area (TPSA) is 58.6 Å². The summed E-state index contributed by atoms with van der Waals surface area (Å²) in [7, 11) is -1.41. The summed E-state index contributed by atoms with van der Waals surface area (Å²) in [4.78, 5) is 2.62. The highest BCUT2D eigenvalue weighted by Gasteiger charge is 2.24. The molecular weight excluding hydrogens is 300 g/mol. The van der Waals surface area contributed by atoms with Crippen LogP contribution in [0.5, 0.6) is 0 Å². The fraction of sp³-hybridized carbons (Fsp3) is 0.500. The normalized spacial score (nSPS) is 23.0. The van der Waals surface area contributed by atoms with Gasteiger partial charge in [-0.25, -0.2) is 13.1 Å². The van der Waals surface area contributed by atoms with E-state index in [-0.39, 0.29) is 6.10 Å². The molecule has 1 aliphatic heterocycles. The van der Waals surface area contributed by atoms with E-state index in [4.69, 9.17) is 4.74 Å². The van der Waals surface area contributed by atoms with Gasteiger partial charge in [-0.2, -0.15) is 0 Å². The van der Waals surface area contributed by atoms with Crippen molar-refractivity contribution in [3.8, 4) is 0 Å². The van der Waals surface area contributed by atoms with Gasteiger partial charge < -0.3 is 9.64 Å². The summed E-state index contributed by atoms with van der Waals surface area (Å²) >= 11 is 0. The smallest absolute Gasteiger partial charge is 0.236 e. The van der Waals surface area contributed by atoms with Crippen LogP contribution in [0.2, 0.25) is 0 Å². The van der Waals surface area contributed by atoms with Gasteiger partial charge in [0.2, 0.25) is 10.0 Å². The molecule has 1 aromatic rings. The van der Waals surface area contributed by atoms with E-state index in [1.807, 2.05) is 31.3 Å². The molecule has 0 radical (unpaired) electrons. The second-order valence-electron chi connectivity index (χ2n) is 5.92. The molecule has 1 aliphatic carbocycles. The van der Waals surface area contributed by atoms with Crippen LogP contribution in [0.1, 0.15) is 17.5 Å². The molecule has 120 valence electrons. The lowest BCUT2D eigenvalue weighted by atomic mass is 9.98. The number of ether oxygens (including phenoxy) is 1. The third-order valence-corrected chi connectivity index (χ3v) is 5.76. The number of sulfonamides is 1. The maximum atomic E-state index is 12.5. The van der Waals surface area contributed by atoms with Gasteiger partial charge in [-0.05, 0) is 37.1 Å². The Kier molecular flexibility index (Phi) is 4.63. The number of allylic oxidation sites excluding steroid dienone is 1. The van der Waals surface area contributed by atoms with Gasteiger partial charge in [0.1, 0.15) is 0 Å². The van der Waals surface area contributed by atoms with Gasteiger partial charge >= 0.3 is 0 Å². The van der Waals surface area contributed by atoms with Crippen LogP contribution in [0.15, 0.2) is 29.2 Å². The van der Waals surface area contributed by atoms with Crippen LogP contribution < -0.4 is 4.72 Å². The standard InChI is InChI=1S/C16H22N2O3S/c1-18-8-9-21-15(12-18)11-17-22(19,20)16-7-6-13-4-2-3-5-14(13)10-16/h2-5,10,15,17H,6-9,11-12H2,1H3/t15-/m0/s1. The number of nitrogens with one attached hydrogen (secondary N) is 1. The summed E-state index contributed by atoms with van der Waals surface area (Å²) in [5.41, 5.74) is 2.21. The Bertz CT molecular complexity index is 670. The van der Waals surface area contributed by atoms with E-state index in [0.717, 1.165) is 25.1 Å². The number of benzene rings is 1. The van der Waals surface area contributed by atoms with E-state index in [0.29, 0.717) is 24.5 Å². The molecule has 0 unspecified atom stereocenters. The van der Waals surface area contributed by atoms with Gasteiger partial charge in [0.25, 0.3) is 0 Å². The lowest BCUT2D eigenvalue weighted by Gasteiger charge is -2.30. The first kappa shape index (κ1) is 15.7. The molecular formula is C16H22N2O3S. The summed E-state index contributed by atoms with van der Waals surface area (Å²) in [6.07, 6.45) is 3.03. The van der Waals surface area contributed by atoms with Gasteiger partial charge in [-0.15, -0.1) is 0 Å². The van der Waals surface area contributed by atoms with Crippen LogP contribution in [0.25, 0.3) is 6.08 Å². The van der Waals surface area contributed by atoms with Crippen molar-refractivity contribution < 1.29 is 13.2 Å². The molecule has 3 rings (SSSR count). The van der Waals surface area contributed by atoms with Gasteiger partial charge in [0.05, 0.1) is 17.6 Å². The molecule has 0 bridgehead atoms. The minimum Gasteiger partial charge on any atom is -0.374 e. The average Bonchev–Trinajstić information content (AvgIpc) is 2.53. The van der Waals surface area contributed by atoms with Crippen LogP contribution >= 0.6 is 0 Å². The quantitative estimate of drug-likeness (QED) is 0.906. The number of hydrogen-bond acceptors (Lipinski definition) is 4. The predicted octanol–water partition coefficient (Wildman–Crippen LogP) is 1.22. The second kappa shape index (κ2) is 6.50. The number of aryl methyl sites for hydroxylation is 1. The lowest BCUT2D eigenvalue weighted by molar-refractivity contribution is -0.0156. The molecule has 2 aliphatic rings. The van der Waals surface area contributed by atoms with Crippen molar-refractivity contribution in [2.75, 3.05) is 33.3 Å². The Hall–Kier alpha value is -1.21. The number of morpholine rings is 1. The summed E-state index contributed by atoms with van der Waals surface area (Å²) in [6.45, 7) is 2.63. The largest absolute Gasteiger partial charge is 0.374 e. The first-order valence-corrected chi connectivity index (χ1v) is 9.11. The Morgan fingerprint density at radius 1 is 1.32 bits per heavy atom. The van der Waals surface area contributed by atoms with Crippen LogP contribution in [-0.4, -0.2) is 52.7 Å². The number of hydrogen-bond donors (Lipinski definition) is 1. The number of rotatable bonds is 4. The number of fused-ring (bicyclic) bond motifs is 1. The zero-order valence-corrected chi connectivity index (χ0v) is 13.6. The van der Waals surface area contributed by atoms with Crippen molar-refractivity contribution in [2.45, 2.75) is 18.9 Å². The predicted molar refractivity (Wildman–Crippen MR) is 86.9 cm³/mol. The van der Waals surface area contributed by atoms with E-state index in [9.17, 15) is 8.42 Å². The molecule has 0 amide bonds. The Balaban J connectivity index is 1.67. The number of likely N-dealkylation sites (N-methyl/N-ethyl adjacent to an activating group) is 1. The van der Waals surface area contributed by atoms with Crippen molar-refractivity contribution >= 4 is 16.1 Å². The van der Waals surface area contributed by atoms with Crippen molar-refractivity contribution in [3.05, 3.63) is 40.3 Å². The highest BCUT2D eigenvalue weighted by Crippen LogP contribution is 2.26. The molecule has 1 aromatic carbocycles. The SMILES string of the molecule is CN1CCO[C@@H](CNS(=O)(=O)C2=Cc3ccccc3CC2)C1. The Morgan fingerprint density at radius 3 is 2.95 bits per heavy atom. The molecule has 0 spiro atoms. The molecule has 1 saturated heterocycles. The molecule has 22 heavy (non-hydrogen) atoms. The van der Waals surface area contributed by atoms with Crippen LogP contribution in [-0.2, 0) is 21.2 Å². The molecule has 5 nitrogen and oxygen atoms in total. The van der Waals surface area contributed by atoms with E-state index in [1.165, 1.54) is 5.56 Å². The maximum Gasteiger partial charge on any atom is 0.236 e. The molecule has 1 heterocycles. The van der Waals surface area contributed by atoms with Crippen LogP contribution in [0.3, 0.4) is 0 Å². The minimum absolute atomic E-state index is 0.0787. The third-order valence-electron chi connectivity index (χ3n) is 4.20. The number of nitrogens with zero attached hydrogens (tertiary/aromatic N) is 1. The maximum absolute atomic E-state index is 12.5. The van der Waals surface area contributed by atoms with Gasteiger partial charge in [0, 0.05) is 19.6 Å². The summed E-state index contributed by atoms with van der Waals surface area (Å²) in [5.74, 6) is 0. The summed E-state index contributed by atoms with van der Waals surface area (Å²) in [6, 6.07) is 7.93. The van der Waals surface area contributed by atoms with E-state index in [2.05, 4.69) is 9.62 Å². The van der Waals surface area contributed by atoms with Crippen molar-refractivity contribution in [1.29, 1.82) is 0 Å². The summed E-state index contributed by atoms with van der Waals surface area (Å²) in [5, 5.41) is 0. The Labute approximate surface area is 132 Å². The second-order valence-corrected chi connectivity index (χ2v) is 7.74. The average molecular weight is 322 g/mol. The first-order valence-electron chi connectivity index (χ1n) is 7.63. The van der Waals surface area contributed by atoms with E-state index in [1.54, 1.807) is 6.08 Å². The minimum atomic E-state index is -3.43. The highest BCUT2D eigenvalue weighted by molar-refractivity contribution is 7.93. The molecule has 0 saturated carbocycles. The van der Waals surface area contributed by atoms with Crippen molar-refractivity contribution in [3.63, 3.8) is 0 Å². The molecule has 0 aromatic heterocycles. The van der Waals surface area contributed by atoms with Crippen molar-refractivity contribution in [1.82, 2.24) is 9.62 Å². The van der Waals surface area contributed by atoms with Gasteiger partial charge in [-0.3, -0.25) is 0 Å². The molecule has 1 fully saturated rings. The van der Waals surface area contributed by atoms with Crippen LogP contribution in [0, 0.1) is 0 Å². The van der Waals surface area contributed by atoms with E-state index >= 15 is 0 Å². The monoisotopic (exact) mass is 322 g/mol. The fourth-order valence-corrected chi connectivity index (χ4v) is 4.15. The lowest BCUT2D eigenvalue weighted by Crippen LogP contribution is -2.46. The van der Waals surface area contributed by atoms with Crippen LogP contribution in [0.4, 0.5) is 0 Å². The summed E-state index contributed by atoms with van der Waals surface area (Å²) < 4.78 is 33.2. The third kappa shape index (κ3) is 3.57. The fourth-order valence-electron chi connectivity index (χ4n) is 2.90. The Morgan fingerprint density at radius 2 is 2.14 bits per heavy atom. The zero-order chi connectivity index (χ0) is 15.6. The highest BCUT2D eigenvalue weighted by atomic mass is 32.2. The first-order chi connectivity index (χ1) is 10.5. The van der Waals surface area contributed by atoms with E-state index < -0.39 is 10.0 Å². The van der Waals surface area contributed by atoms with Crippen molar-refractivity contribution in [2.24, 2.45) is 0 Å². The van der Waals surface area contributed by atoms with Gasteiger partial charge in [0.15, 0.2) is 0 Å². The molecule has 1 atom stereocenters. The van der Waals surface area contributed by atoms with Gasteiger partial charge in [-0.1, -0.05) is 24.3 Å². The molecule has 6 heteroatoms. The zero-order valence-electron chi connectivity index (χ0n) is 12.8. The molecule has 1 N–H and O–H groups in total.